The first-order chi connectivity index (χ1) is 26.7. The van der Waals surface area contributed by atoms with E-state index in [-0.39, 0.29) is 0 Å². The quantitative estimate of drug-likeness (QED) is 0.142. The standard InChI is InChI=1S/C26H17N.C25H18N2/c27-17-20-7-5-6-18(15-20)14-19-12-13-25-23-10-2-1-8-21(23)22-9-3-4-11-24(22)26(25)16-19;26-17-18-6-5-7-20(16-18)19-12-14-21(15-13-19)27-24-10-3-1-8-22(24)23-9-2-4-11-25(23)27/h1-13,15-16H,14H2;1-17,26H. The number of hydrogen-bond acceptors (Lipinski definition) is 2. The lowest BCUT2D eigenvalue weighted by molar-refractivity contribution is 1.18. The zero-order valence-corrected chi connectivity index (χ0v) is 29.6. The van der Waals surface area contributed by atoms with Crippen molar-refractivity contribution in [3.8, 4) is 22.9 Å². The van der Waals surface area contributed by atoms with Crippen LogP contribution in [0.15, 0.2) is 188 Å². The minimum Gasteiger partial charge on any atom is -0.309 e. The average molecular weight is 690 g/mol. The van der Waals surface area contributed by atoms with Crippen molar-refractivity contribution in [2.24, 2.45) is 0 Å². The van der Waals surface area contributed by atoms with Crippen molar-refractivity contribution < 1.29 is 0 Å². The fourth-order valence-electron chi connectivity index (χ4n) is 7.86. The van der Waals surface area contributed by atoms with Crippen molar-refractivity contribution in [1.82, 2.24) is 4.57 Å². The fourth-order valence-corrected chi connectivity index (χ4v) is 7.86. The van der Waals surface area contributed by atoms with Gasteiger partial charge in [0.15, 0.2) is 0 Å². The summed E-state index contributed by atoms with van der Waals surface area (Å²) in [5.74, 6) is 0. The molecule has 0 saturated heterocycles. The van der Waals surface area contributed by atoms with E-state index in [0.29, 0.717) is 5.56 Å². The molecule has 0 aliphatic carbocycles. The molecule has 1 aromatic heterocycles. The number of fused-ring (bicyclic) bond motifs is 9. The van der Waals surface area contributed by atoms with Gasteiger partial charge < -0.3 is 9.98 Å². The Morgan fingerprint density at radius 2 is 0.981 bits per heavy atom. The van der Waals surface area contributed by atoms with E-state index in [4.69, 9.17) is 10.7 Å². The maximum Gasteiger partial charge on any atom is 0.0991 e. The lowest BCUT2D eigenvalue weighted by atomic mass is 9.92. The summed E-state index contributed by atoms with van der Waals surface area (Å²) in [6.07, 6.45) is 2.21. The number of nitrogens with zero attached hydrogens (tertiary/aromatic N) is 2. The lowest BCUT2D eigenvalue weighted by Gasteiger charge is -2.12. The Morgan fingerprint density at radius 1 is 0.444 bits per heavy atom. The van der Waals surface area contributed by atoms with Gasteiger partial charge in [0.05, 0.1) is 22.7 Å². The number of nitriles is 1. The minimum absolute atomic E-state index is 0.713. The molecule has 0 bridgehead atoms. The van der Waals surface area contributed by atoms with Crippen molar-refractivity contribution in [2.45, 2.75) is 6.42 Å². The van der Waals surface area contributed by atoms with Crippen molar-refractivity contribution in [2.75, 3.05) is 0 Å². The van der Waals surface area contributed by atoms with Gasteiger partial charge in [0.2, 0.25) is 0 Å². The smallest absolute Gasteiger partial charge is 0.0991 e. The van der Waals surface area contributed by atoms with E-state index in [2.05, 4.69) is 162 Å². The second kappa shape index (κ2) is 14.0. The number of hydrogen-bond donors (Lipinski definition) is 1. The predicted molar refractivity (Wildman–Crippen MR) is 227 cm³/mol. The maximum atomic E-state index is 9.14. The van der Waals surface area contributed by atoms with Crippen LogP contribution in [0.4, 0.5) is 0 Å². The minimum atomic E-state index is 0.713. The van der Waals surface area contributed by atoms with Crippen LogP contribution in [0.2, 0.25) is 0 Å². The molecule has 0 aliphatic heterocycles. The maximum absolute atomic E-state index is 9.14. The van der Waals surface area contributed by atoms with Gasteiger partial charge in [0, 0.05) is 22.7 Å². The van der Waals surface area contributed by atoms with Crippen LogP contribution in [-0.2, 0) is 6.42 Å². The fraction of sp³-hybridized carbons (Fsp3) is 0.0196. The Hall–Kier alpha value is -7.28. The molecule has 10 aromatic rings. The first-order valence-electron chi connectivity index (χ1n) is 18.2. The predicted octanol–water partition coefficient (Wildman–Crippen LogP) is 13.1. The van der Waals surface area contributed by atoms with Crippen LogP contribution in [0.3, 0.4) is 0 Å². The van der Waals surface area contributed by atoms with E-state index in [0.717, 1.165) is 28.8 Å². The Balaban J connectivity index is 0.000000142. The van der Waals surface area contributed by atoms with E-state index >= 15 is 0 Å². The summed E-state index contributed by atoms with van der Waals surface area (Å²) in [6.45, 7) is 0. The molecule has 10 rings (SSSR count). The van der Waals surface area contributed by atoms with Gasteiger partial charge in [-0.2, -0.15) is 5.26 Å². The molecular formula is C51H35N3. The summed E-state index contributed by atoms with van der Waals surface area (Å²) in [6, 6.07) is 68.0. The second-order valence-corrected chi connectivity index (χ2v) is 13.6. The third kappa shape index (κ3) is 5.96. The van der Waals surface area contributed by atoms with Crippen LogP contribution in [0.1, 0.15) is 22.3 Å². The summed E-state index contributed by atoms with van der Waals surface area (Å²) in [5.41, 5.74) is 9.93. The van der Waals surface area contributed by atoms with Gasteiger partial charge >= 0.3 is 0 Å². The summed E-state index contributed by atoms with van der Waals surface area (Å²) < 4.78 is 2.32. The van der Waals surface area contributed by atoms with Crippen molar-refractivity contribution in [3.63, 3.8) is 0 Å². The Morgan fingerprint density at radius 3 is 1.59 bits per heavy atom. The monoisotopic (exact) mass is 689 g/mol. The molecule has 3 nitrogen and oxygen atoms in total. The number of aromatic nitrogens is 1. The molecule has 254 valence electrons. The normalized spacial score (nSPS) is 11.1. The van der Waals surface area contributed by atoms with Crippen LogP contribution in [0.5, 0.6) is 0 Å². The zero-order chi connectivity index (χ0) is 36.4. The van der Waals surface area contributed by atoms with Crippen molar-refractivity contribution >= 4 is 60.3 Å². The summed E-state index contributed by atoms with van der Waals surface area (Å²) >= 11 is 0. The number of benzene rings is 9. The number of rotatable bonds is 5. The molecule has 54 heavy (non-hydrogen) atoms. The lowest BCUT2D eigenvalue weighted by Crippen LogP contribution is -1.93. The van der Waals surface area contributed by atoms with Crippen molar-refractivity contribution in [3.05, 3.63) is 210 Å². The first kappa shape index (κ1) is 32.6. The largest absolute Gasteiger partial charge is 0.309 e. The molecule has 0 atom stereocenters. The molecule has 1 heterocycles. The third-order valence-corrected chi connectivity index (χ3v) is 10.4. The molecule has 3 heteroatoms. The molecule has 0 spiro atoms. The van der Waals surface area contributed by atoms with Gasteiger partial charge in [-0.1, -0.05) is 146 Å². The summed E-state index contributed by atoms with van der Waals surface area (Å²) in [7, 11) is 0. The molecule has 0 aliphatic rings. The highest BCUT2D eigenvalue weighted by molar-refractivity contribution is 6.25. The second-order valence-electron chi connectivity index (χ2n) is 13.6. The van der Waals surface area contributed by atoms with E-state index in [1.54, 1.807) is 0 Å². The molecular weight excluding hydrogens is 655 g/mol. The number of nitrogens with one attached hydrogen (secondary N) is 1. The molecule has 9 aromatic carbocycles. The van der Waals surface area contributed by atoms with Gasteiger partial charge in [-0.15, -0.1) is 0 Å². The Labute approximate surface area is 314 Å². The van der Waals surface area contributed by atoms with Crippen molar-refractivity contribution in [1.29, 1.82) is 10.7 Å². The van der Waals surface area contributed by atoms with E-state index < -0.39 is 0 Å². The Bertz CT molecular complexity index is 2960. The highest BCUT2D eigenvalue weighted by atomic mass is 15.0. The highest BCUT2D eigenvalue weighted by Gasteiger charge is 2.12. The van der Waals surface area contributed by atoms with Crippen LogP contribution in [-0.4, -0.2) is 10.8 Å². The van der Waals surface area contributed by atoms with Gasteiger partial charge in [-0.25, -0.2) is 0 Å². The molecule has 0 radical (unpaired) electrons. The van der Waals surface area contributed by atoms with Crippen LogP contribution in [0.25, 0.3) is 70.9 Å². The van der Waals surface area contributed by atoms with Gasteiger partial charge in [0.1, 0.15) is 0 Å². The third-order valence-electron chi connectivity index (χ3n) is 10.4. The molecule has 0 amide bonds. The van der Waals surface area contributed by atoms with Gasteiger partial charge in [-0.3, -0.25) is 0 Å². The molecule has 0 saturated carbocycles. The van der Waals surface area contributed by atoms with Gasteiger partial charge in [0.25, 0.3) is 0 Å². The first-order valence-corrected chi connectivity index (χ1v) is 18.2. The molecule has 0 fully saturated rings. The average Bonchev–Trinajstić information content (AvgIpc) is 3.58. The van der Waals surface area contributed by atoms with E-state index in [1.165, 1.54) is 71.5 Å². The Kier molecular flexibility index (Phi) is 8.48. The van der Waals surface area contributed by atoms with E-state index in [9.17, 15) is 0 Å². The molecule has 1 N–H and O–H groups in total. The molecule has 0 unspecified atom stereocenters. The van der Waals surface area contributed by atoms with Crippen LogP contribution < -0.4 is 0 Å². The zero-order valence-electron chi connectivity index (χ0n) is 29.6. The van der Waals surface area contributed by atoms with Crippen LogP contribution >= 0.6 is 0 Å². The topological polar surface area (TPSA) is 52.6 Å². The SMILES string of the molecule is N#Cc1cccc(Cc2ccc3c4ccccc4c4ccccc4c3c2)c1.N=Cc1cccc(-c2ccc(-n3c4ccccc4c4ccccc43)cc2)c1. The summed E-state index contributed by atoms with van der Waals surface area (Å²) in [5, 5.41) is 26.9. The van der Waals surface area contributed by atoms with Crippen LogP contribution in [0, 0.1) is 16.7 Å². The van der Waals surface area contributed by atoms with E-state index in [1.807, 2.05) is 36.4 Å². The number of para-hydroxylation sites is 2. The van der Waals surface area contributed by atoms with Gasteiger partial charge in [-0.05, 0) is 109 Å². The summed E-state index contributed by atoms with van der Waals surface area (Å²) in [4.78, 5) is 0. The highest BCUT2D eigenvalue weighted by Crippen LogP contribution is 2.36.